The third kappa shape index (κ3) is 5.28. The van der Waals surface area contributed by atoms with Crippen molar-refractivity contribution in [3.63, 3.8) is 0 Å². The molecule has 0 saturated carbocycles. The summed E-state index contributed by atoms with van der Waals surface area (Å²) in [4.78, 5) is 17.7. The van der Waals surface area contributed by atoms with Gasteiger partial charge in [0.25, 0.3) is 5.91 Å². The quantitative estimate of drug-likeness (QED) is 0.400. The molecule has 1 saturated heterocycles. The van der Waals surface area contributed by atoms with Crippen LogP contribution >= 0.6 is 0 Å². The Hall–Kier alpha value is -4.12. The Balaban J connectivity index is 1.26. The van der Waals surface area contributed by atoms with Gasteiger partial charge in [0.1, 0.15) is 11.5 Å². The molecule has 11 heteroatoms. The molecule has 1 amide bonds. The summed E-state index contributed by atoms with van der Waals surface area (Å²) in [6.45, 7) is 10.4. The molecule has 4 aromatic rings. The second-order valence-corrected chi connectivity index (χ2v) is 9.85. The van der Waals surface area contributed by atoms with Gasteiger partial charge in [-0.15, -0.1) is 10.2 Å². The maximum Gasteiger partial charge on any atom is 0.255 e. The zero-order chi connectivity index (χ0) is 26.8. The number of piperazine rings is 1. The summed E-state index contributed by atoms with van der Waals surface area (Å²) in [7, 11) is 1.80. The lowest BCUT2D eigenvalue weighted by atomic mass is 10.1. The Morgan fingerprint density at radius 1 is 1.00 bits per heavy atom. The van der Waals surface area contributed by atoms with Crippen molar-refractivity contribution in [2.75, 3.05) is 36.4 Å². The zero-order valence-electron chi connectivity index (χ0n) is 22.0. The highest BCUT2D eigenvalue weighted by molar-refractivity contribution is 6.04. The number of rotatable bonds is 7. The summed E-state index contributed by atoms with van der Waals surface area (Å²) in [5.41, 5.74) is 3.56. The van der Waals surface area contributed by atoms with E-state index in [0.29, 0.717) is 23.0 Å². The third-order valence-electron chi connectivity index (χ3n) is 7.12. The normalized spacial score (nSPS) is 15.2. The molecular weight excluding hydrogens is 485 g/mol. The van der Waals surface area contributed by atoms with Crippen molar-refractivity contribution in [2.24, 2.45) is 7.05 Å². The van der Waals surface area contributed by atoms with E-state index in [0.717, 1.165) is 37.6 Å². The van der Waals surface area contributed by atoms with Gasteiger partial charge in [-0.3, -0.25) is 14.4 Å². The maximum atomic E-state index is 14.7. The van der Waals surface area contributed by atoms with Crippen LogP contribution in [0.1, 0.15) is 42.9 Å². The molecule has 0 spiro atoms. The van der Waals surface area contributed by atoms with Crippen LogP contribution in [0.25, 0.3) is 11.3 Å². The smallest absolute Gasteiger partial charge is 0.255 e. The molecule has 3 heterocycles. The van der Waals surface area contributed by atoms with E-state index in [1.807, 2.05) is 31.2 Å². The molecule has 5 rings (SSSR count). The van der Waals surface area contributed by atoms with Crippen molar-refractivity contribution in [2.45, 2.75) is 32.9 Å². The Labute approximate surface area is 221 Å². The summed E-state index contributed by atoms with van der Waals surface area (Å²) in [5.74, 6) is -0.716. The summed E-state index contributed by atoms with van der Waals surface area (Å²) >= 11 is 0. The van der Waals surface area contributed by atoms with E-state index < -0.39 is 5.82 Å². The number of carbonyl (C=O) groups is 1. The Bertz CT molecular complexity index is 1400. The number of halogens is 1. The monoisotopic (exact) mass is 517 g/mol. The molecule has 1 aliphatic rings. The van der Waals surface area contributed by atoms with Crippen molar-refractivity contribution in [1.82, 2.24) is 34.9 Å². The minimum Gasteiger partial charge on any atom is -0.369 e. The van der Waals surface area contributed by atoms with Gasteiger partial charge in [0, 0.05) is 61.8 Å². The van der Waals surface area contributed by atoms with Crippen molar-refractivity contribution in [1.29, 1.82) is 0 Å². The van der Waals surface area contributed by atoms with Gasteiger partial charge in [0.2, 0.25) is 0 Å². The minimum absolute atomic E-state index is 0.191. The Morgan fingerprint density at radius 2 is 1.74 bits per heavy atom. The van der Waals surface area contributed by atoms with Crippen LogP contribution in [0.5, 0.6) is 0 Å². The maximum absolute atomic E-state index is 14.7. The number of nitrogens with one attached hydrogen (secondary N) is 1. The third-order valence-corrected chi connectivity index (χ3v) is 7.12. The first-order valence-corrected chi connectivity index (χ1v) is 12.8. The SMILES string of the molecule is CC(C)N1CCN(c2ccc(C(=O)Nc3ccc(F)c(-c4cn([C@@H](C)c5cnnn5C)nn4)c3)cc2)CC1. The van der Waals surface area contributed by atoms with Crippen LogP contribution < -0.4 is 10.2 Å². The zero-order valence-corrected chi connectivity index (χ0v) is 22.0. The summed E-state index contributed by atoms with van der Waals surface area (Å²) in [6.07, 6.45) is 3.32. The van der Waals surface area contributed by atoms with Gasteiger partial charge in [-0.2, -0.15) is 0 Å². The Morgan fingerprint density at radius 3 is 2.39 bits per heavy atom. The molecule has 0 unspecified atom stereocenters. The molecule has 1 N–H and O–H groups in total. The minimum atomic E-state index is -0.452. The van der Waals surface area contributed by atoms with E-state index in [4.69, 9.17) is 0 Å². The van der Waals surface area contributed by atoms with Crippen LogP contribution in [-0.4, -0.2) is 73.0 Å². The van der Waals surface area contributed by atoms with Crippen LogP contribution in [0.4, 0.5) is 15.8 Å². The van der Waals surface area contributed by atoms with Crippen LogP contribution in [0.3, 0.4) is 0 Å². The molecule has 1 fully saturated rings. The lowest BCUT2D eigenvalue weighted by Gasteiger charge is -2.38. The lowest BCUT2D eigenvalue weighted by Crippen LogP contribution is -2.48. The summed E-state index contributed by atoms with van der Waals surface area (Å²) in [6, 6.07) is 12.4. The lowest BCUT2D eigenvalue weighted by molar-refractivity contribution is 0.102. The van der Waals surface area contributed by atoms with Gasteiger partial charge in [-0.1, -0.05) is 10.4 Å². The Kier molecular flexibility index (Phi) is 7.19. The second-order valence-electron chi connectivity index (χ2n) is 9.85. The van der Waals surface area contributed by atoms with Gasteiger partial charge in [-0.05, 0) is 63.2 Å². The van der Waals surface area contributed by atoms with Crippen molar-refractivity contribution >= 4 is 17.3 Å². The molecule has 1 atom stereocenters. The fourth-order valence-electron chi connectivity index (χ4n) is 4.72. The molecule has 0 bridgehead atoms. The molecule has 38 heavy (non-hydrogen) atoms. The fraction of sp³-hybridized carbons (Fsp3) is 0.370. The van der Waals surface area contributed by atoms with E-state index in [1.165, 1.54) is 12.1 Å². The molecule has 198 valence electrons. The van der Waals surface area contributed by atoms with Crippen molar-refractivity contribution in [3.05, 3.63) is 71.9 Å². The van der Waals surface area contributed by atoms with Gasteiger partial charge < -0.3 is 10.2 Å². The second kappa shape index (κ2) is 10.7. The average Bonchev–Trinajstić information content (AvgIpc) is 3.59. The number of benzene rings is 2. The fourth-order valence-corrected chi connectivity index (χ4v) is 4.72. The van der Waals surface area contributed by atoms with Gasteiger partial charge >= 0.3 is 0 Å². The van der Waals surface area contributed by atoms with E-state index in [9.17, 15) is 9.18 Å². The van der Waals surface area contributed by atoms with Crippen LogP contribution in [-0.2, 0) is 7.05 Å². The van der Waals surface area contributed by atoms with Crippen molar-refractivity contribution in [3.8, 4) is 11.3 Å². The largest absolute Gasteiger partial charge is 0.369 e. The first-order chi connectivity index (χ1) is 18.3. The first-order valence-electron chi connectivity index (χ1n) is 12.8. The molecule has 0 radical (unpaired) electrons. The number of nitrogens with zero attached hydrogens (tertiary/aromatic N) is 8. The molecule has 2 aromatic carbocycles. The van der Waals surface area contributed by atoms with E-state index in [1.54, 1.807) is 34.9 Å². The van der Waals surface area contributed by atoms with E-state index in [2.05, 4.69) is 49.6 Å². The van der Waals surface area contributed by atoms with Crippen LogP contribution in [0.15, 0.2) is 54.9 Å². The number of carbonyl (C=O) groups excluding carboxylic acids is 1. The highest BCUT2D eigenvalue weighted by Gasteiger charge is 2.20. The number of hydrogen-bond acceptors (Lipinski definition) is 7. The predicted octanol–water partition coefficient (Wildman–Crippen LogP) is 3.60. The van der Waals surface area contributed by atoms with E-state index >= 15 is 0 Å². The van der Waals surface area contributed by atoms with Crippen LogP contribution in [0, 0.1) is 5.82 Å². The predicted molar refractivity (Wildman–Crippen MR) is 144 cm³/mol. The molecular formula is C27H32FN9O. The number of amides is 1. The number of aryl methyl sites for hydroxylation is 1. The van der Waals surface area contributed by atoms with Gasteiger partial charge in [0.15, 0.2) is 0 Å². The molecule has 2 aromatic heterocycles. The highest BCUT2D eigenvalue weighted by atomic mass is 19.1. The number of hydrogen-bond donors (Lipinski definition) is 1. The number of aromatic nitrogens is 6. The van der Waals surface area contributed by atoms with Gasteiger partial charge in [0.05, 0.1) is 24.1 Å². The highest BCUT2D eigenvalue weighted by Crippen LogP contribution is 2.26. The van der Waals surface area contributed by atoms with Gasteiger partial charge in [-0.25, -0.2) is 9.07 Å². The standard InChI is InChI=1S/C27H32FN9O/c1-18(2)35-11-13-36(14-12-35)22-8-5-20(6-9-22)27(38)30-21-7-10-24(28)23(15-21)25-17-37(33-31-25)19(3)26-16-29-32-34(26)4/h5-10,15-19H,11-14H2,1-4H3,(H,30,38)/t19-/m0/s1. The topological polar surface area (TPSA) is 97.0 Å². The molecule has 1 aliphatic heterocycles. The average molecular weight is 518 g/mol. The molecule has 0 aliphatic carbocycles. The first kappa shape index (κ1) is 25.5. The van der Waals surface area contributed by atoms with Crippen molar-refractivity contribution < 1.29 is 9.18 Å². The van der Waals surface area contributed by atoms with Crippen LogP contribution in [0.2, 0.25) is 0 Å². The van der Waals surface area contributed by atoms with E-state index in [-0.39, 0.29) is 17.5 Å². The summed E-state index contributed by atoms with van der Waals surface area (Å²) < 4.78 is 18.0. The summed E-state index contributed by atoms with van der Waals surface area (Å²) in [5, 5.41) is 19.0. The number of anilines is 2. The molecule has 10 nitrogen and oxygen atoms in total.